The minimum atomic E-state index is -0.492. The van der Waals surface area contributed by atoms with Gasteiger partial charge in [0.15, 0.2) is 4.34 Å². The number of thioether (sulfide) groups is 1. The second-order valence-electron chi connectivity index (χ2n) is 3.27. The zero-order valence-electron chi connectivity index (χ0n) is 9.33. The molecule has 1 rings (SSSR count). The van der Waals surface area contributed by atoms with E-state index in [1.165, 1.54) is 29.6 Å². The van der Waals surface area contributed by atoms with Crippen LogP contribution in [-0.2, 0) is 9.47 Å². The van der Waals surface area contributed by atoms with Crippen molar-refractivity contribution in [2.45, 2.75) is 23.5 Å². The van der Waals surface area contributed by atoms with Crippen molar-refractivity contribution in [3.05, 3.63) is 6.33 Å². The Morgan fingerprint density at radius 2 is 2.38 bits per heavy atom. The van der Waals surface area contributed by atoms with Crippen LogP contribution in [0, 0.1) is 0 Å². The van der Waals surface area contributed by atoms with Crippen LogP contribution >= 0.6 is 23.3 Å². The molecule has 1 aromatic rings. The standard InChI is InChI=1S/C9H16N2O3S2/c1-7(3-13-2)14-4-8(12)5-15-9-10-6-11-16-9/h6-8,12H,3-5H2,1-2H3. The highest BCUT2D eigenvalue weighted by Crippen LogP contribution is 2.19. The summed E-state index contributed by atoms with van der Waals surface area (Å²) in [5.41, 5.74) is 0. The molecule has 1 heterocycles. The maximum atomic E-state index is 9.63. The molecule has 0 aliphatic rings. The van der Waals surface area contributed by atoms with Crippen molar-refractivity contribution in [3.8, 4) is 0 Å². The molecule has 0 aliphatic carbocycles. The van der Waals surface area contributed by atoms with Crippen molar-refractivity contribution in [1.29, 1.82) is 0 Å². The average molecular weight is 264 g/mol. The van der Waals surface area contributed by atoms with Gasteiger partial charge >= 0.3 is 0 Å². The van der Waals surface area contributed by atoms with Crippen LogP contribution in [0.15, 0.2) is 10.7 Å². The molecule has 2 unspecified atom stereocenters. The van der Waals surface area contributed by atoms with Crippen LogP contribution in [0.5, 0.6) is 0 Å². The van der Waals surface area contributed by atoms with E-state index in [9.17, 15) is 5.11 Å². The first-order valence-corrected chi connectivity index (χ1v) is 6.66. The van der Waals surface area contributed by atoms with Gasteiger partial charge in [0.1, 0.15) is 6.33 Å². The van der Waals surface area contributed by atoms with Gasteiger partial charge in [-0.3, -0.25) is 0 Å². The second-order valence-corrected chi connectivity index (χ2v) is 5.32. The molecule has 7 heteroatoms. The molecular weight excluding hydrogens is 248 g/mol. The first-order chi connectivity index (χ1) is 7.72. The Labute approximate surface area is 103 Å². The molecule has 16 heavy (non-hydrogen) atoms. The number of hydrogen-bond acceptors (Lipinski definition) is 7. The zero-order valence-corrected chi connectivity index (χ0v) is 11.0. The Hall–Kier alpha value is -0.210. The van der Waals surface area contributed by atoms with E-state index in [1.54, 1.807) is 7.11 Å². The van der Waals surface area contributed by atoms with Gasteiger partial charge in [0.25, 0.3) is 0 Å². The zero-order chi connectivity index (χ0) is 11.8. The van der Waals surface area contributed by atoms with E-state index < -0.39 is 6.10 Å². The Bertz CT molecular complexity index is 272. The molecule has 1 aromatic heterocycles. The lowest BCUT2D eigenvalue weighted by Crippen LogP contribution is -2.24. The van der Waals surface area contributed by atoms with Crippen molar-refractivity contribution in [2.24, 2.45) is 0 Å². The third kappa shape index (κ3) is 5.76. The Morgan fingerprint density at radius 3 is 3.00 bits per heavy atom. The van der Waals surface area contributed by atoms with Gasteiger partial charge in [-0.15, -0.1) is 0 Å². The summed E-state index contributed by atoms with van der Waals surface area (Å²) in [6.45, 7) is 2.76. The predicted molar refractivity (Wildman–Crippen MR) is 63.9 cm³/mol. The SMILES string of the molecule is COCC(C)OCC(O)CSc1ncns1. The molecule has 1 N–H and O–H groups in total. The van der Waals surface area contributed by atoms with Gasteiger partial charge in [0.2, 0.25) is 0 Å². The number of methoxy groups -OCH3 is 1. The van der Waals surface area contributed by atoms with Crippen LogP contribution in [-0.4, -0.2) is 52.7 Å². The van der Waals surface area contributed by atoms with Gasteiger partial charge in [-0.2, -0.15) is 4.37 Å². The van der Waals surface area contributed by atoms with Crippen molar-refractivity contribution >= 4 is 23.3 Å². The lowest BCUT2D eigenvalue weighted by atomic mass is 10.4. The summed E-state index contributed by atoms with van der Waals surface area (Å²) < 4.78 is 15.1. The third-order valence-corrected chi connectivity index (χ3v) is 3.66. The van der Waals surface area contributed by atoms with Gasteiger partial charge in [-0.1, -0.05) is 11.8 Å². The van der Waals surface area contributed by atoms with Crippen molar-refractivity contribution in [3.63, 3.8) is 0 Å². The molecule has 0 amide bonds. The molecule has 0 saturated carbocycles. The maximum absolute atomic E-state index is 9.63. The van der Waals surface area contributed by atoms with Crippen LogP contribution < -0.4 is 0 Å². The second kappa shape index (κ2) is 7.97. The number of ether oxygens (including phenoxy) is 2. The van der Waals surface area contributed by atoms with Crippen LogP contribution in [0.3, 0.4) is 0 Å². The lowest BCUT2D eigenvalue weighted by molar-refractivity contribution is -0.0257. The van der Waals surface area contributed by atoms with Gasteiger partial charge in [0, 0.05) is 12.9 Å². The largest absolute Gasteiger partial charge is 0.390 e. The molecule has 2 atom stereocenters. The summed E-state index contributed by atoms with van der Waals surface area (Å²) in [5, 5.41) is 9.63. The Kier molecular flexibility index (Phi) is 6.90. The summed E-state index contributed by atoms with van der Waals surface area (Å²) in [4.78, 5) is 4.01. The fourth-order valence-corrected chi connectivity index (χ4v) is 2.38. The number of nitrogens with zero attached hydrogens (tertiary/aromatic N) is 2. The molecule has 0 aromatic carbocycles. The molecule has 0 fully saturated rings. The highest BCUT2D eigenvalue weighted by atomic mass is 32.2. The van der Waals surface area contributed by atoms with E-state index >= 15 is 0 Å². The predicted octanol–water partition coefficient (Wildman–Crippen LogP) is 1.04. The normalized spacial score (nSPS) is 14.9. The van der Waals surface area contributed by atoms with E-state index in [0.29, 0.717) is 19.0 Å². The smallest absolute Gasteiger partial charge is 0.169 e. The van der Waals surface area contributed by atoms with E-state index in [2.05, 4.69) is 9.36 Å². The molecule has 0 saturated heterocycles. The molecule has 92 valence electrons. The summed E-state index contributed by atoms with van der Waals surface area (Å²) in [7, 11) is 1.63. The topological polar surface area (TPSA) is 64.5 Å². The van der Waals surface area contributed by atoms with Crippen molar-refractivity contribution in [2.75, 3.05) is 26.1 Å². The molecule has 0 bridgehead atoms. The molecule has 0 radical (unpaired) electrons. The number of hydrogen-bond donors (Lipinski definition) is 1. The average Bonchev–Trinajstić information content (AvgIpc) is 2.77. The first kappa shape index (κ1) is 13.9. The fraction of sp³-hybridized carbons (Fsp3) is 0.778. The lowest BCUT2D eigenvalue weighted by Gasteiger charge is -2.15. The highest BCUT2D eigenvalue weighted by Gasteiger charge is 2.09. The van der Waals surface area contributed by atoms with Gasteiger partial charge in [0.05, 0.1) is 25.4 Å². The fourth-order valence-electron chi connectivity index (χ4n) is 1.00. The summed E-state index contributed by atoms with van der Waals surface area (Å²) in [5.74, 6) is 0.564. The quantitative estimate of drug-likeness (QED) is 0.708. The monoisotopic (exact) mass is 264 g/mol. The first-order valence-electron chi connectivity index (χ1n) is 4.90. The van der Waals surface area contributed by atoms with Crippen molar-refractivity contribution in [1.82, 2.24) is 9.36 Å². The van der Waals surface area contributed by atoms with Crippen LogP contribution in [0.4, 0.5) is 0 Å². The molecular formula is C9H16N2O3S2. The Balaban J connectivity index is 2.09. The van der Waals surface area contributed by atoms with Crippen LogP contribution in [0.1, 0.15) is 6.92 Å². The van der Waals surface area contributed by atoms with Gasteiger partial charge in [-0.05, 0) is 18.5 Å². The van der Waals surface area contributed by atoms with E-state index in [1.807, 2.05) is 6.92 Å². The van der Waals surface area contributed by atoms with E-state index in [4.69, 9.17) is 9.47 Å². The molecule has 5 nitrogen and oxygen atoms in total. The summed E-state index contributed by atoms with van der Waals surface area (Å²) in [6.07, 6.45) is 1.02. The number of aromatic nitrogens is 2. The van der Waals surface area contributed by atoms with E-state index in [-0.39, 0.29) is 6.10 Å². The Morgan fingerprint density at radius 1 is 1.56 bits per heavy atom. The molecule has 0 aliphatic heterocycles. The van der Waals surface area contributed by atoms with Crippen LogP contribution in [0.2, 0.25) is 0 Å². The third-order valence-electron chi connectivity index (χ3n) is 1.71. The minimum Gasteiger partial charge on any atom is -0.390 e. The van der Waals surface area contributed by atoms with Gasteiger partial charge in [-0.25, -0.2) is 4.98 Å². The van der Waals surface area contributed by atoms with Crippen molar-refractivity contribution < 1.29 is 14.6 Å². The number of aliphatic hydroxyl groups excluding tert-OH is 1. The number of aliphatic hydroxyl groups is 1. The molecule has 0 spiro atoms. The minimum absolute atomic E-state index is 0.00572. The summed E-state index contributed by atoms with van der Waals surface area (Å²) in [6, 6.07) is 0. The van der Waals surface area contributed by atoms with Gasteiger partial charge < -0.3 is 14.6 Å². The highest BCUT2D eigenvalue weighted by molar-refractivity contribution is 8.00. The van der Waals surface area contributed by atoms with E-state index in [0.717, 1.165) is 4.34 Å². The maximum Gasteiger partial charge on any atom is 0.169 e. The summed E-state index contributed by atoms with van der Waals surface area (Å²) >= 11 is 2.81. The van der Waals surface area contributed by atoms with Crippen LogP contribution in [0.25, 0.3) is 0 Å². The number of rotatable bonds is 8.